The molecule has 20 heavy (non-hydrogen) atoms. The Bertz CT molecular complexity index is 835. The van der Waals surface area contributed by atoms with Crippen molar-refractivity contribution in [3.63, 3.8) is 0 Å². The molecule has 2 rings (SSSR count). The van der Waals surface area contributed by atoms with E-state index in [1.165, 1.54) is 12.1 Å². The molecule has 0 saturated heterocycles. The van der Waals surface area contributed by atoms with Crippen LogP contribution in [0.4, 0.5) is 0 Å². The van der Waals surface area contributed by atoms with Gasteiger partial charge in [-0.2, -0.15) is 8.42 Å². The Morgan fingerprint density at radius 2 is 1.90 bits per heavy atom. The molecule has 0 aliphatic rings. The second-order valence-corrected chi connectivity index (χ2v) is 5.35. The number of fused-ring (bicyclic) bond motifs is 1. The van der Waals surface area contributed by atoms with Gasteiger partial charge in [-0.25, -0.2) is 9.59 Å². The highest BCUT2D eigenvalue weighted by Gasteiger charge is 2.25. The van der Waals surface area contributed by atoms with Crippen LogP contribution in [0.5, 0.6) is 0 Å². The van der Waals surface area contributed by atoms with Gasteiger partial charge in [0.2, 0.25) is 0 Å². The number of carbonyl (C=O) groups is 1. The quantitative estimate of drug-likeness (QED) is 0.487. The lowest BCUT2D eigenvalue weighted by Crippen LogP contribution is -2.10. The van der Waals surface area contributed by atoms with Crippen LogP contribution in [-0.4, -0.2) is 27.6 Å². The van der Waals surface area contributed by atoms with Gasteiger partial charge in [0.15, 0.2) is 0 Å². The van der Waals surface area contributed by atoms with E-state index in [4.69, 9.17) is 0 Å². The van der Waals surface area contributed by atoms with Crippen molar-refractivity contribution >= 4 is 32.8 Å². The largest absolute Gasteiger partial charge is 0.465 e. The summed E-state index contributed by atoms with van der Waals surface area (Å²) in [6.07, 6.45) is 0.990. The number of methoxy groups -OCH3 is 1. The van der Waals surface area contributed by atoms with Gasteiger partial charge in [-0.05, 0) is 11.5 Å². The number of isocyanates is 1. The van der Waals surface area contributed by atoms with E-state index < -0.39 is 16.0 Å². The molecule has 0 unspecified atom stereocenters. The summed E-state index contributed by atoms with van der Waals surface area (Å²) in [7, 11) is -3.19. The molecule has 0 N–H and O–H groups in total. The lowest BCUT2D eigenvalue weighted by Gasteiger charge is -2.09. The first-order chi connectivity index (χ1) is 9.51. The summed E-state index contributed by atoms with van der Waals surface area (Å²) in [6, 6.07) is 9.45. The third kappa shape index (κ3) is 2.32. The van der Waals surface area contributed by atoms with Gasteiger partial charge in [-0.1, -0.05) is 34.7 Å². The Balaban J connectivity index is 2.96. The summed E-state index contributed by atoms with van der Waals surface area (Å²) in [5.41, 5.74) is -0.176. The zero-order valence-corrected chi connectivity index (χ0v) is 11.2. The van der Waals surface area contributed by atoms with Crippen molar-refractivity contribution in [3.8, 4) is 0 Å². The SMILES string of the molecule is COC(=O)c1ccc2ccccc2c1S(=O)(=O)N=C=O. The fourth-order valence-corrected chi connectivity index (χ4v) is 2.97. The molecule has 6 nitrogen and oxygen atoms in total. The minimum atomic E-state index is -4.32. The number of ether oxygens (including phenoxy) is 1. The highest BCUT2D eigenvalue weighted by Crippen LogP contribution is 2.28. The Morgan fingerprint density at radius 1 is 1.20 bits per heavy atom. The number of esters is 1. The molecule has 0 aliphatic heterocycles. The van der Waals surface area contributed by atoms with Gasteiger partial charge in [0.25, 0.3) is 16.1 Å². The molecule has 2 aromatic rings. The molecule has 7 heteroatoms. The van der Waals surface area contributed by atoms with Crippen LogP contribution in [0.25, 0.3) is 10.8 Å². The molecule has 0 radical (unpaired) electrons. The summed E-state index contributed by atoms with van der Waals surface area (Å²) >= 11 is 0. The van der Waals surface area contributed by atoms with Gasteiger partial charge < -0.3 is 4.74 Å². The van der Waals surface area contributed by atoms with E-state index in [0.29, 0.717) is 5.39 Å². The number of benzene rings is 2. The van der Waals surface area contributed by atoms with Crippen molar-refractivity contribution in [3.05, 3.63) is 42.0 Å². The monoisotopic (exact) mass is 291 g/mol. The van der Waals surface area contributed by atoms with Gasteiger partial charge in [0, 0.05) is 5.39 Å². The summed E-state index contributed by atoms with van der Waals surface area (Å²) in [4.78, 5) is 21.6. The first-order valence-corrected chi connectivity index (χ1v) is 6.89. The zero-order chi connectivity index (χ0) is 14.8. The number of rotatable bonds is 3. The molecule has 102 valence electrons. The molecular weight excluding hydrogens is 282 g/mol. The average molecular weight is 291 g/mol. The first-order valence-electron chi connectivity index (χ1n) is 5.45. The highest BCUT2D eigenvalue weighted by molar-refractivity contribution is 7.90. The third-order valence-corrected chi connectivity index (χ3v) is 3.97. The maximum atomic E-state index is 12.1. The van der Waals surface area contributed by atoms with Gasteiger partial charge in [0.05, 0.1) is 12.7 Å². The minimum Gasteiger partial charge on any atom is -0.465 e. The van der Waals surface area contributed by atoms with E-state index in [1.807, 2.05) is 0 Å². The molecule has 2 aromatic carbocycles. The normalized spacial score (nSPS) is 10.8. The van der Waals surface area contributed by atoms with Crippen molar-refractivity contribution in [2.75, 3.05) is 7.11 Å². The van der Waals surface area contributed by atoms with Crippen LogP contribution in [0.2, 0.25) is 0 Å². The maximum Gasteiger partial charge on any atom is 0.339 e. The molecule has 0 bridgehead atoms. The summed E-state index contributed by atoms with van der Waals surface area (Å²) < 4.78 is 31.5. The van der Waals surface area contributed by atoms with Crippen molar-refractivity contribution in [1.29, 1.82) is 0 Å². The lowest BCUT2D eigenvalue weighted by molar-refractivity contribution is 0.0596. The van der Waals surface area contributed by atoms with E-state index in [1.54, 1.807) is 24.3 Å². The van der Waals surface area contributed by atoms with Crippen LogP contribution in [0.3, 0.4) is 0 Å². The standard InChI is InChI=1S/C13H9NO5S/c1-19-13(16)11-7-6-9-4-2-3-5-10(9)12(11)20(17,18)14-8-15/h2-7H,1H3. The van der Waals surface area contributed by atoms with Crippen molar-refractivity contribution in [2.45, 2.75) is 4.90 Å². The van der Waals surface area contributed by atoms with Gasteiger partial charge >= 0.3 is 5.97 Å². The van der Waals surface area contributed by atoms with E-state index >= 15 is 0 Å². The average Bonchev–Trinajstić information content (AvgIpc) is 2.45. The Labute approximate surface area is 114 Å². The lowest BCUT2D eigenvalue weighted by atomic mass is 10.1. The summed E-state index contributed by atoms with van der Waals surface area (Å²) in [6.45, 7) is 0. The second kappa shape index (κ2) is 5.24. The Hall–Kier alpha value is -2.50. The van der Waals surface area contributed by atoms with Crippen molar-refractivity contribution in [1.82, 2.24) is 0 Å². The van der Waals surface area contributed by atoms with Gasteiger partial charge in [-0.3, -0.25) is 0 Å². The van der Waals surface area contributed by atoms with Crippen molar-refractivity contribution < 1.29 is 22.7 Å². The zero-order valence-electron chi connectivity index (χ0n) is 10.4. The molecule has 0 amide bonds. The molecule has 0 heterocycles. The number of sulfonamides is 1. The van der Waals surface area contributed by atoms with E-state index in [-0.39, 0.29) is 15.8 Å². The van der Waals surface area contributed by atoms with Crippen LogP contribution in [0, 0.1) is 0 Å². The summed E-state index contributed by atoms with van der Waals surface area (Å²) in [5.74, 6) is -0.824. The van der Waals surface area contributed by atoms with E-state index in [9.17, 15) is 18.0 Å². The predicted molar refractivity (Wildman–Crippen MR) is 70.6 cm³/mol. The molecule has 0 fully saturated rings. The Morgan fingerprint density at radius 3 is 2.55 bits per heavy atom. The summed E-state index contributed by atoms with van der Waals surface area (Å²) in [5, 5.41) is 0.884. The van der Waals surface area contributed by atoms with Crippen LogP contribution >= 0.6 is 0 Å². The van der Waals surface area contributed by atoms with Crippen LogP contribution in [0.1, 0.15) is 10.4 Å². The maximum absolute atomic E-state index is 12.1. The number of nitrogens with zero attached hydrogens (tertiary/aromatic N) is 1. The molecule has 0 saturated carbocycles. The topological polar surface area (TPSA) is 89.9 Å². The number of hydrogen-bond acceptors (Lipinski definition) is 5. The van der Waals surface area contributed by atoms with Crippen LogP contribution in [-0.2, 0) is 19.6 Å². The molecule has 0 aromatic heterocycles. The number of carbonyl (C=O) groups excluding carboxylic acids is 2. The fourth-order valence-electron chi connectivity index (χ4n) is 1.89. The highest BCUT2D eigenvalue weighted by atomic mass is 32.2. The van der Waals surface area contributed by atoms with Crippen LogP contribution < -0.4 is 0 Å². The molecule has 0 atom stereocenters. The minimum absolute atomic E-state index is 0.176. The predicted octanol–water partition coefficient (Wildman–Crippen LogP) is 1.65. The Kier molecular flexibility index (Phi) is 3.65. The van der Waals surface area contributed by atoms with Crippen molar-refractivity contribution in [2.24, 2.45) is 4.40 Å². The van der Waals surface area contributed by atoms with E-state index in [0.717, 1.165) is 13.2 Å². The molecule has 0 aliphatic carbocycles. The van der Waals surface area contributed by atoms with E-state index in [2.05, 4.69) is 9.13 Å². The molecule has 0 spiro atoms. The second-order valence-electron chi connectivity index (χ2n) is 3.81. The smallest absolute Gasteiger partial charge is 0.339 e. The first kappa shape index (κ1) is 13.9. The third-order valence-electron chi connectivity index (χ3n) is 2.70. The molecular formula is C13H9NO5S. The van der Waals surface area contributed by atoms with Gasteiger partial charge in [0.1, 0.15) is 4.90 Å². The van der Waals surface area contributed by atoms with Gasteiger partial charge in [-0.15, -0.1) is 0 Å². The number of hydrogen-bond donors (Lipinski definition) is 0. The van der Waals surface area contributed by atoms with Crippen LogP contribution in [0.15, 0.2) is 45.7 Å². The fraction of sp³-hybridized carbons (Fsp3) is 0.0769.